The molecule has 0 aliphatic carbocycles. The van der Waals surface area contributed by atoms with Crippen LogP contribution in [-0.2, 0) is 14.3 Å². The van der Waals surface area contributed by atoms with Crippen LogP contribution < -0.4 is 4.90 Å². The molecule has 22 heavy (non-hydrogen) atoms. The maximum absolute atomic E-state index is 12.6. The van der Waals surface area contributed by atoms with Gasteiger partial charge in [-0.3, -0.25) is 19.7 Å². The molecule has 1 aromatic carbocycles. The van der Waals surface area contributed by atoms with E-state index in [0.717, 1.165) is 35.9 Å². The molecule has 0 radical (unpaired) electrons. The summed E-state index contributed by atoms with van der Waals surface area (Å²) in [4.78, 5) is 36.2. The average Bonchev–Trinajstić information content (AvgIpc) is 3.14. The van der Waals surface area contributed by atoms with Gasteiger partial charge in [-0.2, -0.15) is 0 Å². The van der Waals surface area contributed by atoms with Gasteiger partial charge in [-0.1, -0.05) is 0 Å². The van der Waals surface area contributed by atoms with E-state index in [0.29, 0.717) is 0 Å². The van der Waals surface area contributed by atoms with Crippen LogP contribution >= 0.6 is 0 Å². The number of phenols is 1. The Balaban J connectivity index is 1.78. The summed E-state index contributed by atoms with van der Waals surface area (Å²) < 4.78 is 5.62. The highest BCUT2D eigenvalue weighted by Gasteiger charge is 2.62. The molecule has 4 atom stereocenters. The standard InChI is InChI=1S/C14H12N2O6/c17-8-2-1-6(16(20)21)5-7(8)15-13(18)11-9-3-4-10(22-9)12(11)14(15)19/h1-2,5,9-12,17H,3-4H2/t9-,10-,11+,12+/m1/s1. The number of phenolic OH excluding ortho intramolecular Hbond substituents is 1. The zero-order valence-corrected chi connectivity index (χ0v) is 11.3. The van der Waals surface area contributed by atoms with Crippen LogP contribution in [0.3, 0.4) is 0 Å². The summed E-state index contributed by atoms with van der Waals surface area (Å²) in [6, 6.07) is 3.29. The normalized spacial score (nSPS) is 32.6. The zero-order chi connectivity index (χ0) is 15.6. The number of nitro benzene ring substituents is 1. The number of imide groups is 1. The second-order valence-corrected chi connectivity index (χ2v) is 5.78. The largest absolute Gasteiger partial charge is 0.506 e. The predicted molar refractivity (Wildman–Crippen MR) is 72.1 cm³/mol. The Bertz CT molecular complexity index is 689. The molecule has 1 N–H and O–H groups in total. The molecule has 0 aromatic heterocycles. The molecule has 8 heteroatoms. The number of aromatic hydroxyl groups is 1. The lowest BCUT2D eigenvalue weighted by Crippen LogP contribution is -2.34. The molecule has 0 saturated carbocycles. The van der Waals surface area contributed by atoms with Crippen molar-refractivity contribution in [2.24, 2.45) is 11.8 Å². The van der Waals surface area contributed by atoms with E-state index in [9.17, 15) is 24.8 Å². The fourth-order valence-corrected chi connectivity index (χ4v) is 3.75. The Hall–Kier alpha value is -2.48. The highest BCUT2D eigenvalue weighted by Crippen LogP contribution is 2.50. The second kappa shape index (κ2) is 4.26. The molecule has 8 nitrogen and oxygen atoms in total. The van der Waals surface area contributed by atoms with E-state index in [1.165, 1.54) is 0 Å². The Morgan fingerprint density at radius 2 is 1.77 bits per heavy atom. The topological polar surface area (TPSA) is 110 Å². The molecule has 3 heterocycles. The monoisotopic (exact) mass is 304 g/mol. The number of ether oxygens (including phenoxy) is 1. The van der Waals surface area contributed by atoms with E-state index in [-0.39, 0.29) is 29.3 Å². The summed E-state index contributed by atoms with van der Waals surface area (Å²) in [7, 11) is 0. The van der Waals surface area contributed by atoms with Crippen LogP contribution in [0.1, 0.15) is 12.8 Å². The number of carbonyl (C=O) groups is 2. The SMILES string of the molecule is O=C1[C@@H]2[C@@H](C(=O)N1c1cc([N+](=O)[O-])ccc1O)[C@H]1CC[C@H]2O1. The maximum atomic E-state index is 12.6. The number of nitro groups is 1. The molecular weight excluding hydrogens is 292 g/mol. The van der Waals surface area contributed by atoms with Crippen LogP contribution in [0.2, 0.25) is 0 Å². The van der Waals surface area contributed by atoms with Crippen molar-refractivity contribution in [3.63, 3.8) is 0 Å². The van der Waals surface area contributed by atoms with Crippen LogP contribution in [0.15, 0.2) is 18.2 Å². The fourth-order valence-electron chi connectivity index (χ4n) is 3.75. The van der Waals surface area contributed by atoms with Crippen LogP contribution in [0, 0.1) is 22.0 Å². The summed E-state index contributed by atoms with van der Waals surface area (Å²) in [5, 5.41) is 20.8. The third-order valence-electron chi connectivity index (χ3n) is 4.70. The summed E-state index contributed by atoms with van der Waals surface area (Å²) in [6.07, 6.45) is 0.939. The van der Waals surface area contributed by atoms with E-state index in [4.69, 9.17) is 4.74 Å². The second-order valence-electron chi connectivity index (χ2n) is 5.78. The minimum absolute atomic E-state index is 0.127. The molecule has 1 aromatic rings. The van der Waals surface area contributed by atoms with Gasteiger partial charge in [0.15, 0.2) is 0 Å². The number of anilines is 1. The smallest absolute Gasteiger partial charge is 0.271 e. The van der Waals surface area contributed by atoms with E-state index in [1.54, 1.807) is 0 Å². The van der Waals surface area contributed by atoms with Gasteiger partial charge in [-0.15, -0.1) is 0 Å². The number of hydrogen-bond donors (Lipinski definition) is 1. The van der Waals surface area contributed by atoms with Gasteiger partial charge in [0.1, 0.15) is 11.4 Å². The first-order valence-corrected chi connectivity index (χ1v) is 6.99. The van der Waals surface area contributed by atoms with Crippen molar-refractivity contribution in [2.75, 3.05) is 4.90 Å². The highest BCUT2D eigenvalue weighted by molar-refractivity contribution is 6.23. The van der Waals surface area contributed by atoms with E-state index < -0.39 is 28.6 Å². The Kier molecular flexibility index (Phi) is 2.56. The first-order chi connectivity index (χ1) is 10.5. The summed E-state index contributed by atoms with van der Waals surface area (Å²) >= 11 is 0. The quantitative estimate of drug-likeness (QED) is 0.495. The highest BCUT2D eigenvalue weighted by atomic mass is 16.6. The van der Waals surface area contributed by atoms with Gasteiger partial charge >= 0.3 is 0 Å². The zero-order valence-electron chi connectivity index (χ0n) is 11.3. The Morgan fingerprint density at radius 3 is 2.32 bits per heavy atom. The number of hydrogen-bond acceptors (Lipinski definition) is 6. The molecule has 3 aliphatic heterocycles. The van der Waals surface area contributed by atoms with Crippen molar-refractivity contribution in [1.29, 1.82) is 0 Å². The molecule has 3 fully saturated rings. The van der Waals surface area contributed by atoms with Gasteiger partial charge in [0, 0.05) is 12.1 Å². The van der Waals surface area contributed by atoms with Gasteiger partial charge in [0.2, 0.25) is 11.8 Å². The van der Waals surface area contributed by atoms with Gasteiger partial charge < -0.3 is 9.84 Å². The first-order valence-electron chi connectivity index (χ1n) is 6.99. The summed E-state index contributed by atoms with van der Waals surface area (Å²) in [6.45, 7) is 0. The van der Waals surface area contributed by atoms with E-state index in [2.05, 4.69) is 0 Å². The Labute approximate surface area is 124 Å². The summed E-state index contributed by atoms with van der Waals surface area (Å²) in [5.41, 5.74) is -0.414. The molecule has 4 rings (SSSR count). The lowest BCUT2D eigenvalue weighted by atomic mass is 9.81. The van der Waals surface area contributed by atoms with Crippen molar-refractivity contribution in [3.05, 3.63) is 28.3 Å². The van der Waals surface area contributed by atoms with Crippen LogP contribution in [0.4, 0.5) is 11.4 Å². The van der Waals surface area contributed by atoms with Crippen molar-refractivity contribution in [2.45, 2.75) is 25.0 Å². The van der Waals surface area contributed by atoms with Crippen molar-refractivity contribution >= 4 is 23.2 Å². The number of non-ortho nitro benzene ring substituents is 1. The lowest BCUT2D eigenvalue weighted by molar-refractivity contribution is -0.384. The number of fused-ring (bicyclic) bond motifs is 5. The molecule has 2 bridgehead atoms. The number of amides is 2. The summed E-state index contributed by atoms with van der Waals surface area (Å²) in [5.74, 6) is -2.30. The van der Waals surface area contributed by atoms with Crippen molar-refractivity contribution < 1.29 is 24.4 Å². The molecule has 0 unspecified atom stereocenters. The third kappa shape index (κ3) is 1.55. The van der Waals surface area contributed by atoms with Crippen LogP contribution in [0.25, 0.3) is 0 Å². The molecular formula is C14H12N2O6. The average molecular weight is 304 g/mol. The molecule has 3 aliphatic rings. The Morgan fingerprint density at radius 1 is 1.18 bits per heavy atom. The van der Waals surface area contributed by atoms with E-state index >= 15 is 0 Å². The van der Waals surface area contributed by atoms with Gasteiger partial charge in [0.25, 0.3) is 5.69 Å². The third-order valence-corrected chi connectivity index (χ3v) is 4.70. The van der Waals surface area contributed by atoms with Crippen LogP contribution in [-0.4, -0.2) is 34.1 Å². The number of benzene rings is 1. The molecule has 0 spiro atoms. The van der Waals surface area contributed by atoms with Crippen molar-refractivity contribution in [3.8, 4) is 5.75 Å². The minimum Gasteiger partial charge on any atom is -0.506 e. The van der Waals surface area contributed by atoms with Gasteiger partial charge in [-0.25, -0.2) is 4.90 Å². The maximum Gasteiger partial charge on any atom is 0.271 e. The lowest BCUT2D eigenvalue weighted by Gasteiger charge is -2.18. The predicted octanol–water partition coefficient (Wildman–Crippen LogP) is 0.967. The first kappa shape index (κ1) is 13.2. The minimum atomic E-state index is -0.637. The van der Waals surface area contributed by atoms with Crippen molar-refractivity contribution in [1.82, 2.24) is 0 Å². The van der Waals surface area contributed by atoms with Gasteiger partial charge in [-0.05, 0) is 18.9 Å². The van der Waals surface area contributed by atoms with E-state index in [1.807, 2.05) is 0 Å². The van der Waals surface area contributed by atoms with Gasteiger partial charge in [0.05, 0.1) is 29.0 Å². The molecule has 114 valence electrons. The fraction of sp³-hybridized carbons (Fsp3) is 0.429. The number of rotatable bonds is 2. The number of carbonyl (C=O) groups excluding carboxylic acids is 2. The molecule has 3 saturated heterocycles. The number of nitrogens with zero attached hydrogens (tertiary/aromatic N) is 2. The van der Waals surface area contributed by atoms with Crippen LogP contribution in [0.5, 0.6) is 5.75 Å². The molecule has 2 amide bonds.